The lowest BCUT2D eigenvalue weighted by atomic mass is 10.3. The third kappa shape index (κ3) is 7.29. The van der Waals surface area contributed by atoms with Crippen LogP contribution < -0.4 is 5.32 Å². The van der Waals surface area contributed by atoms with Crippen molar-refractivity contribution in [3.63, 3.8) is 0 Å². The number of hydrogen-bond acceptors (Lipinski definition) is 3. The van der Waals surface area contributed by atoms with Gasteiger partial charge in [-0.1, -0.05) is 0 Å². The zero-order valence-corrected chi connectivity index (χ0v) is 8.50. The number of hydrogen-bond donors (Lipinski definition) is 1. The van der Waals surface area contributed by atoms with Crippen LogP contribution in [0.25, 0.3) is 0 Å². The Morgan fingerprint density at radius 3 is 2.69 bits per heavy atom. The molecular formula is C9H17N3O. The molecular weight excluding hydrogens is 166 g/mol. The van der Waals surface area contributed by atoms with Crippen LogP contribution in [-0.4, -0.2) is 37.0 Å². The van der Waals surface area contributed by atoms with Gasteiger partial charge in [-0.15, -0.1) is 0 Å². The number of nitrogens with zero attached hydrogens (tertiary/aromatic N) is 2. The minimum Gasteiger partial charge on any atom is -0.354 e. The van der Waals surface area contributed by atoms with Gasteiger partial charge in [-0.3, -0.25) is 9.69 Å². The van der Waals surface area contributed by atoms with E-state index in [2.05, 4.69) is 5.32 Å². The molecule has 13 heavy (non-hydrogen) atoms. The van der Waals surface area contributed by atoms with E-state index in [-0.39, 0.29) is 11.9 Å². The van der Waals surface area contributed by atoms with Crippen molar-refractivity contribution in [3.8, 4) is 6.07 Å². The lowest BCUT2D eigenvalue weighted by Gasteiger charge is -2.13. The molecule has 1 N–H and O–H groups in total. The predicted molar refractivity (Wildman–Crippen MR) is 51.0 cm³/mol. The summed E-state index contributed by atoms with van der Waals surface area (Å²) in [6, 6.07) is 2.21. The van der Waals surface area contributed by atoms with E-state index in [4.69, 9.17) is 5.26 Å². The van der Waals surface area contributed by atoms with Gasteiger partial charge in [0.05, 0.1) is 12.6 Å². The molecule has 0 unspecified atom stereocenters. The van der Waals surface area contributed by atoms with E-state index in [1.54, 1.807) is 0 Å². The topological polar surface area (TPSA) is 56.1 Å². The van der Waals surface area contributed by atoms with Crippen molar-refractivity contribution in [1.82, 2.24) is 10.2 Å². The van der Waals surface area contributed by atoms with E-state index in [0.717, 1.165) is 0 Å². The summed E-state index contributed by atoms with van der Waals surface area (Å²) in [6.07, 6.45) is 0.455. The number of carbonyl (C=O) groups excluding carboxylic acids is 1. The molecule has 0 radical (unpaired) electrons. The molecule has 4 heteroatoms. The molecule has 0 rings (SSSR count). The predicted octanol–water partition coefficient (Wildman–Crippen LogP) is 0.356. The summed E-state index contributed by atoms with van der Waals surface area (Å²) in [5.41, 5.74) is 0. The van der Waals surface area contributed by atoms with Gasteiger partial charge in [0, 0.05) is 19.0 Å². The summed E-state index contributed by atoms with van der Waals surface area (Å²) < 4.78 is 0. The maximum atomic E-state index is 11.1. The molecule has 4 nitrogen and oxygen atoms in total. The molecule has 0 spiro atoms. The fraction of sp³-hybridized carbons (Fsp3) is 0.778. The van der Waals surface area contributed by atoms with E-state index in [9.17, 15) is 4.79 Å². The number of nitriles is 1. The molecule has 0 saturated carbocycles. The zero-order valence-electron chi connectivity index (χ0n) is 8.50. The Balaban J connectivity index is 3.53. The van der Waals surface area contributed by atoms with Crippen molar-refractivity contribution in [3.05, 3.63) is 0 Å². The van der Waals surface area contributed by atoms with E-state index < -0.39 is 0 Å². The van der Waals surface area contributed by atoms with Crippen LogP contribution in [0, 0.1) is 11.3 Å². The Labute approximate surface area is 79.5 Å². The monoisotopic (exact) mass is 183 g/mol. The molecule has 0 aliphatic rings. The van der Waals surface area contributed by atoms with Gasteiger partial charge < -0.3 is 5.32 Å². The molecule has 0 saturated heterocycles. The van der Waals surface area contributed by atoms with Gasteiger partial charge >= 0.3 is 0 Å². The molecule has 0 aliphatic heterocycles. The maximum Gasteiger partial charge on any atom is 0.221 e. The molecule has 0 aromatic carbocycles. The molecule has 0 atom stereocenters. The Kier molecular flexibility index (Phi) is 5.90. The molecule has 0 fully saturated rings. The second kappa shape index (κ2) is 6.44. The highest BCUT2D eigenvalue weighted by atomic mass is 16.1. The molecule has 0 aromatic rings. The van der Waals surface area contributed by atoms with E-state index >= 15 is 0 Å². The maximum absolute atomic E-state index is 11.1. The second-order valence-corrected chi connectivity index (χ2v) is 3.37. The van der Waals surface area contributed by atoms with Crippen LogP contribution in [0.5, 0.6) is 0 Å². The normalized spacial score (nSPS) is 10.2. The Morgan fingerprint density at radius 1 is 1.62 bits per heavy atom. The van der Waals surface area contributed by atoms with Crippen LogP contribution in [-0.2, 0) is 4.79 Å². The van der Waals surface area contributed by atoms with Gasteiger partial charge in [0.25, 0.3) is 0 Å². The van der Waals surface area contributed by atoms with Crippen molar-refractivity contribution in [2.75, 3.05) is 20.1 Å². The first-order valence-electron chi connectivity index (χ1n) is 4.41. The number of carbonyl (C=O) groups is 1. The Hall–Kier alpha value is -1.08. The van der Waals surface area contributed by atoms with Crippen LogP contribution in [0.4, 0.5) is 0 Å². The highest BCUT2D eigenvalue weighted by molar-refractivity contribution is 5.76. The number of nitrogens with one attached hydrogen (secondary N) is 1. The first-order valence-corrected chi connectivity index (χ1v) is 4.41. The van der Waals surface area contributed by atoms with Gasteiger partial charge in [-0.05, 0) is 20.9 Å². The van der Waals surface area contributed by atoms with Gasteiger partial charge in [0.1, 0.15) is 0 Å². The van der Waals surface area contributed by atoms with Crippen molar-refractivity contribution in [2.45, 2.75) is 26.3 Å². The highest BCUT2D eigenvalue weighted by Crippen LogP contribution is 1.88. The van der Waals surface area contributed by atoms with Crippen LogP contribution in [0.3, 0.4) is 0 Å². The second-order valence-electron chi connectivity index (χ2n) is 3.37. The molecule has 0 bridgehead atoms. The standard InChI is InChI=1S/C9H17N3O/c1-8(2)11-9(13)4-6-12(3)7-5-10/h8H,4,6-7H2,1-3H3,(H,11,13). The largest absolute Gasteiger partial charge is 0.354 e. The fourth-order valence-corrected chi connectivity index (χ4v) is 0.886. The summed E-state index contributed by atoms with van der Waals surface area (Å²) in [5.74, 6) is 0.0415. The Bertz CT molecular complexity index is 196. The lowest BCUT2D eigenvalue weighted by molar-refractivity contribution is -0.121. The molecule has 0 heterocycles. The first kappa shape index (κ1) is 11.9. The van der Waals surface area contributed by atoms with Crippen molar-refractivity contribution in [1.29, 1.82) is 5.26 Å². The number of amides is 1. The average Bonchev–Trinajstić information content (AvgIpc) is 2.00. The van der Waals surface area contributed by atoms with Crippen LogP contribution >= 0.6 is 0 Å². The van der Waals surface area contributed by atoms with Crippen molar-refractivity contribution in [2.24, 2.45) is 0 Å². The van der Waals surface area contributed by atoms with E-state index in [1.165, 1.54) is 0 Å². The average molecular weight is 183 g/mol. The number of rotatable bonds is 5. The summed E-state index contributed by atoms with van der Waals surface area (Å²) in [6.45, 7) is 4.86. The van der Waals surface area contributed by atoms with Crippen LogP contribution in [0.15, 0.2) is 0 Å². The van der Waals surface area contributed by atoms with E-state index in [0.29, 0.717) is 19.5 Å². The summed E-state index contributed by atoms with van der Waals surface area (Å²) in [7, 11) is 1.83. The van der Waals surface area contributed by atoms with Gasteiger partial charge in [0.15, 0.2) is 0 Å². The van der Waals surface area contributed by atoms with Gasteiger partial charge in [0.2, 0.25) is 5.91 Å². The fourth-order valence-electron chi connectivity index (χ4n) is 0.886. The first-order chi connectivity index (χ1) is 6.06. The minimum absolute atomic E-state index is 0.0415. The smallest absolute Gasteiger partial charge is 0.221 e. The van der Waals surface area contributed by atoms with Crippen LogP contribution in [0.1, 0.15) is 20.3 Å². The zero-order chi connectivity index (χ0) is 10.3. The van der Waals surface area contributed by atoms with Crippen molar-refractivity contribution < 1.29 is 4.79 Å². The quantitative estimate of drug-likeness (QED) is 0.626. The summed E-state index contributed by atoms with van der Waals surface area (Å²) >= 11 is 0. The molecule has 1 amide bonds. The highest BCUT2D eigenvalue weighted by Gasteiger charge is 2.04. The lowest BCUT2D eigenvalue weighted by Crippen LogP contribution is -2.33. The molecule has 0 aromatic heterocycles. The molecule has 74 valence electrons. The van der Waals surface area contributed by atoms with Crippen LogP contribution in [0.2, 0.25) is 0 Å². The van der Waals surface area contributed by atoms with E-state index in [1.807, 2.05) is 31.9 Å². The minimum atomic E-state index is 0.0415. The van der Waals surface area contributed by atoms with Crippen molar-refractivity contribution >= 4 is 5.91 Å². The summed E-state index contributed by atoms with van der Waals surface area (Å²) in [4.78, 5) is 13.0. The summed E-state index contributed by atoms with van der Waals surface area (Å²) in [5, 5.41) is 11.1. The van der Waals surface area contributed by atoms with Gasteiger partial charge in [-0.2, -0.15) is 5.26 Å². The third-order valence-corrected chi connectivity index (χ3v) is 1.51. The Morgan fingerprint density at radius 2 is 2.23 bits per heavy atom. The van der Waals surface area contributed by atoms with Gasteiger partial charge in [-0.25, -0.2) is 0 Å². The SMILES string of the molecule is CC(C)NC(=O)CCN(C)CC#N. The molecule has 0 aliphatic carbocycles. The third-order valence-electron chi connectivity index (χ3n) is 1.51.